The van der Waals surface area contributed by atoms with E-state index in [2.05, 4.69) is 66.5 Å². The van der Waals surface area contributed by atoms with E-state index in [1.54, 1.807) is 22.8 Å². The van der Waals surface area contributed by atoms with E-state index < -0.39 is 28.6 Å². The zero-order valence-electron chi connectivity index (χ0n) is 24.9. The van der Waals surface area contributed by atoms with Crippen molar-refractivity contribution in [1.29, 1.82) is 0 Å². The second kappa shape index (κ2) is 16.3. The fourth-order valence-electron chi connectivity index (χ4n) is 5.13. The van der Waals surface area contributed by atoms with E-state index in [4.69, 9.17) is 21.1 Å². The van der Waals surface area contributed by atoms with Gasteiger partial charge in [-0.25, -0.2) is 23.4 Å². The summed E-state index contributed by atoms with van der Waals surface area (Å²) in [5.41, 5.74) is 7.09. The number of nitrogens with one attached hydrogen (secondary N) is 4. The summed E-state index contributed by atoms with van der Waals surface area (Å²) >= 11 is 7.36. The summed E-state index contributed by atoms with van der Waals surface area (Å²) in [6, 6.07) is 18.7. The van der Waals surface area contributed by atoms with Gasteiger partial charge in [-0.05, 0) is 35.4 Å². The maximum Gasteiger partial charge on any atom is 0.426 e. The number of sulfonamides is 1. The second-order valence-corrected chi connectivity index (χ2v) is 13.4. The molecule has 1 atom stereocenters. The van der Waals surface area contributed by atoms with Gasteiger partial charge in [-0.2, -0.15) is 0 Å². The molecule has 1 fully saturated rings. The molecule has 3 heterocycles. The number of halogens is 1. The van der Waals surface area contributed by atoms with Crippen LogP contribution in [0.1, 0.15) is 17.2 Å². The Morgan fingerprint density at radius 2 is 1.70 bits per heavy atom. The van der Waals surface area contributed by atoms with Crippen molar-refractivity contribution in [3.63, 3.8) is 0 Å². The van der Waals surface area contributed by atoms with Crippen LogP contribution in [0.4, 0.5) is 4.79 Å². The van der Waals surface area contributed by atoms with Crippen LogP contribution in [0.2, 0.25) is 5.02 Å². The Labute approximate surface area is 277 Å². The first-order valence-corrected chi connectivity index (χ1v) is 17.3. The fourth-order valence-corrected chi connectivity index (χ4v) is 7.14. The number of carbonyl (C=O) groups excluding carboxylic acids is 2. The standard InChI is InChI=1S/C30H36ClN7O6S2/c31-25-10-8-24(9-11-25)29(23-5-2-1-3-6-23)37-15-13-36(14-16-37)17-18-43-19-20-44-30(40)35-34-28(39)22-33-46(41,42)27-7-4-12-38-26(27)21-32-45-38/h1-12,21,29,32-33H,13-20,22H2,(H,34,39)(H,35,40). The smallest absolute Gasteiger partial charge is 0.426 e. The van der Waals surface area contributed by atoms with Gasteiger partial charge in [-0.3, -0.25) is 24.3 Å². The van der Waals surface area contributed by atoms with Crippen LogP contribution >= 0.6 is 23.7 Å². The lowest BCUT2D eigenvalue weighted by atomic mass is 9.96. The van der Waals surface area contributed by atoms with Crippen LogP contribution in [0, 0.1) is 0 Å². The van der Waals surface area contributed by atoms with Crippen molar-refractivity contribution in [2.75, 3.05) is 59.1 Å². The van der Waals surface area contributed by atoms with Gasteiger partial charge in [0, 0.05) is 50.1 Å². The first-order valence-electron chi connectivity index (χ1n) is 14.7. The van der Waals surface area contributed by atoms with Crippen LogP contribution in [0.3, 0.4) is 0 Å². The lowest BCUT2D eigenvalue weighted by Gasteiger charge is -2.39. The van der Waals surface area contributed by atoms with Gasteiger partial charge in [0.25, 0.3) is 5.91 Å². The molecule has 1 saturated heterocycles. The number of nitrogens with zero attached hydrogens (tertiary/aromatic N) is 3. The molecule has 16 heteroatoms. The van der Waals surface area contributed by atoms with E-state index in [0.29, 0.717) is 12.3 Å². The average molecular weight is 690 g/mol. The Morgan fingerprint density at radius 3 is 2.46 bits per heavy atom. The van der Waals surface area contributed by atoms with Crippen molar-refractivity contribution in [3.8, 4) is 0 Å². The van der Waals surface area contributed by atoms with Gasteiger partial charge in [-0.15, -0.1) is 0 Å². The summed E-state index contributed by atoms with van der Waals surface area (Å²) in [7, 11) is -3.97. The molecular weight excluding hydrogens is 654 g/mol. The van der Waals surface area contributed by atoms with E-state index in [-0.39, 0.29) is 24.2 Å². The largest absolute Gasteiger partial charge is 0.446 e. The van der Waals surface area contributed by atoms with Crippen molar-refractivity contribution < 1.29 is 27.5 Å². The molecule has 46 heavy (non-hydrogen) atoms. The van der Waals surface area contributed by atoms with Crippen molar-refractivity contribution in [3.05, 3.63) is 106 Å². The molecule has 3 aliphatic rings. The van der Waals surface area contributed by atoms with Gasteiger partial charge >= 0.3 is 6.09 Å². The van der Waals surface area contributed by atoms with Crippen molar-refractivity contribution >= 4 is 45.8 Å². The van der Waals surface area contributed by atoms with E-state index in [0.717, 1.165) is 37.7 Å². The number of ether oxygens (including phenoxy) is 2. The molecule has 2 aromatic rings. The van der Waals surface area contributed by atoms with Crippen LogP contribution in [-0.2, 0) is 24.3 Å². The van der Waals surface area contributed by atoms with E-state index in [1.807, 2.05) is 18.2 Å². The highest BCUT2D eigenvalue weighted by atomic mass is 35.5. The number of hydrazine groups is 1. The molecule has 2 amide bonds. The summed E-state index contributed by atoms with van der Waals surface area (Å²) in [5, 5.41) is 0.721. The summed E-state index contributed by atoms with van der Waals surface area (Å²) < 4.78 is 42.6. The molecule has 0 radical (unpaired) electrons. The third-order valence-electron chi connectivity index (χ3n) is 7.41. The predicted molar refractivity (Wildman–Crippen MR) is 176 cm³/mol. The minimum Gasteiger partial charge on any atom is -0.446 e. The van der Waals surface area contributed by atoms with E-state index in [1.165, 1.54) is 29.3 Å². The zero-order valence-corrected chi connectivity index (χ0v) is 27.3. The molecule has 2 aromatic carbocycles. The lowest BCUT2D eigenvalue weighted by molar-refractivity contribution is -0.120. The first-order chi connectivity index (χ1) is 22.3. The highest BCUT2D eigenvalue weighted by Crippen LogP contribution is 2.33. The Hall–Kier alpha value is -3.57. The third kappa shape index (κ3) is 9.25. The topological polar surface area (TPSA) is 145 Å². The van der Waals surface area contributed by atoms with Crippen LogP contribution < -0.4 is 20.3 Å². The van der Waals surface area contributed by atoms with Gasteiger partial charge < -0.3 is 14.2 Å². The van der Waals surface area contributed by atoms with Crippen molar-refractivity contribution in [2.24, 2.45) is 0 Å². The lowest BCUT2D eigenvalue weighted by Crippen LogP contribution is -2.48. The summed E-state index contributed by atoms with van der Waals surface area (Å²) in [6.07, 6.45) is 5.38. The fraction of sp³-hybridized carbons (Fsp3) is 0.333. The minimum atomic E-state index is -3.97. The minimum absolute atomic E-state index is 0.0126. The number of benzene rings is 2. The number of allylic oxidation sites excluding steroid dienone is 2. The Bertz CT molecular complexity index is 1550. The molecule has 1 unspecified atom stereocenters. The molecule has 0 bridgehead atoms. The van der Waals surface area contributed by atoms with Crippen LogP contribution in [0.25, 0.3) is 0 Å². The van der Waals surface area contributed by atoms with Gasteiger partial charge in [0.15, 0.2) is 0 Å². The maximum atomic E-state index is 12.6. The van der Waals surface area contributed by atoms with E-state index in [9.17, 15) is 18.0 Å². The summed E-state index contributed by atoms with van der Waals surface area (Å²) in [6.45, 7) is 4.44. The van der Waals surface area contributed by atoms with Gasteiger partial charge in [0.1, 0.15) is 11.5 Å². The number of fused-ring (bicyclic) bond motifs is 1. The molecule has 0 aromatic heterocycles. The maximum absolute atomic E-state index is 12.6. The molecule has 246 valence electrons. The number of hydrogen-bond donors (Lipinski definition) is 4. The second-order valence-electron chi connectivity index (χ2n) is 10.4. The third-order valence-corrected chi connectivity index (χ3v) is 9.85. The van der Waals surface area contributed by atoms with Crippen LogP contribution in [0.5, 0.6) is 0 Å². The number of rotatable bonds is 13. The quantitative estimate of drug-likeness (QED) is 0.140. The normalized spacial score (nSPS) is 17.4. The highest BCUT2D eigenvalue weighted by Gasteiger charge is 2.30. The summed E-state index contributed by atoms with van der Waals surface area (Å²) in [5.74, 6) is -0.767. The summed E-state index contributed by atoms with van der Waals surface area (Å²) in [4.78, 5) is 28.8. The van der Waals surface area contributed by atoms with Gasteiger partial charge in [0.2, 0.25) is 10.0 Å². The van der Waals surface area contributed by atoms with Gasteiger partial charge in [0.05, 0.1) is 43.6 Å². The van der Waals surface area contributed by atoms with Crippen molar-refractivity contribution in [2.45, 2.75) is 6.04 Å². The SMILES string of the molecule is O=C(CNS(=O)(=O)C1=CC=CN2SNC=C12)NNC(=O)OCCOCCN1CCN(C(c2ccccc2)c2ccc(Cl)cc2)CC1. The van der Waals surface area contributed by atoms with Crippen LogP contribution in [0.15, 0.2) is 89.8 Å². The average Bonchev–Trinajstić information content (AvgIpc) is 3.56. The molecule has 13 nitrogen and oxygen atoms in total. The highest BCUT2D eigenvalue weighted by molar-refractivity contribution is 7.96. The number of carbonyl (C=O) groups is 2. The Balaban J connectivity index is 0.935. The van der Waals surface area contributed by atoms with Crippen LogP contribution in [-0.4, -0.2) is 93.6 Å². The molecular formula is C30H36ClN7O6S2. The Morgan fingerprint density at radius 1 is 0.957 bits per heavy atom. The van der Waals surface area contributed by atoms with Gasteiger partial charge in [-0.1, -0.05) is 54.1 Å². The first kappa shape index (κ1) is 33.8. The van der Waals surface area contributed by atoms with Crippen molar-refractivity contribution in [1.82, 2.24) is 34.4 Å². The number of piperazine rings is 1. The molecule has 0 aliphatic carbocycles. The Kier molecular flexibility index (Phi) is 12.0. The molecule has 0 spiro atoms. The molecule has 0 saturated carbocycles. The number of amides is 2. The number of hydrogen-bond acceptors (Lipinski definition) is 11. The predicted octanol–water partition coefficient (Wildman–Crippen LogP) is 2.46. The molecule has 3 aliphatic heterocycles. The zero-order chi connectivity index (χ0) is 32.4. The molecule has 5 rings (SSSR count). The molecule has 4 N–H and O–H groups in total. The van der Waals surface area contributed by atoms with E-state index >= 15 is 0 Å². The monoisotopic (exact) mass is 689 g/mol.